The first-order chi connectivity index (χ1) is 5.00. The van der Waals surface area contributed by atoms with Crippen molar-refractivity contribution in [3.63, 3.8) is 0 Å². The fraction of sp³-hybridized carbons (Fsp3) is 1.00. The van der Waals surface area contributed by atoms with Crippen molar-refractivity contribution in [2.75, 3.05) is 6.54 Å². The topological polar surface area (TPSA) is 26.0 Å². The number of hydrogen-bond acceptors (Lipinski definition) is 1. The molecule has 0 saturated heterocycles. The molecule has 1 nitrogen and oxygen atoms in total. The summed E-state index contributed by atoms with van der Waals surface area (Å²) in [6.07, 6.45) is -4.99. The molecule has 0 heterocycles. The van der Waals surface area contributed by atoms with Gasteiger partial charge in [-0.05, 0) is 12.5 Å². The highest BCUT2D eigenvalue weighted by atomic mass is 19.3. The lowest BCUT2D eigenvalue weighted by molar-refractivity contribution is 0.00579. The SMILES string of the molecule is CC(C)C(CN)C(F)C(F)F. The largest absolute Gasteiger partial charge is 0.330 e. The Kier molecular flexibility index (Phi) is 4.49. The van der Waals surface area contributed by atoms with E-state index < -0.39 is 18.5 Å². The molecule has 0 aliphatic heterocycles. The number of halogens is 3. The zero-order valence-electron chi connectivity index (χ0n) is 6.73. The quantitative estimate of drug-likeness (QED) is 0.682. The number of nitrogens with two attached hydrogens (primary N) is 1. The van der Waals surface area contributed by atoms with E-state index in [0.717, 1.165) is 0 Å². The van der Waals surface area contributed by atoms with E-state index in [-0.39, 0.29) is 12.5 Å². The second kappa shape index (κ2) is 4.59. The molecule has 0 aromatic rings. The van der Waals surface area contributed by atoms with Crippen molar-refractivity contribution in [1.82, 2.24) is 0 Å². The summed E-state index contributed by atoms with van der Waals surface area (Å²) in [5.74, 6) is -0.862. The molecule has 0 amide bonds. The molecule has 0 bridgehead atoms. The van der Waals surface area contributed by atoms with Crippen molar-refractivity contribution in [3.05, 3.63) is 0 Å². The molecular weight excluding hydrogens is 155 g/mol. The molecule has 0 rings (SSSR count). The fourth-order valence-electron chi connectivity index (χ4n) is 0.957. The van der Waals surface area contributed by atoms with E-state index in [9.17, 15) is 13.2 Å². The molecule has 11 heavy (non-hydrogen) atoms. The van der Waals surface area contributed by atoms with Crippen molar-refractivity contribution < 1.29 is 13.2 Å². The van der Waals surface area contributed by atoms with Gasteiger partial charge in [-0.15, -0.1) is 0 Å². The highest BCUT2D eigenvalue weighted by Gasteiger charge is 2.30. The average Bonchev–Trinajstić information content (AvgIpc) is 1.88. The molecule has 0 radical (unpaired) electrons. The Hall–Kier alpha value is -0.250. The molecule has 0 aliphatic rings. The molecule has 2 N–H and O–H groups in total. The third kappa shape index (κ3) is 3.10. The highest BCUT2D eigenvalue weighted by Crippen LogP contribution is 2.21. The maximum atomic E-state index is 12.6. The van der Waals surface area contributed by atoms with Gasteiger partial charge in [-0.1, -0.05) is 13.8 Å². The van der Waals surface area contributed by atoms with E-state index >= 15 is 0 Å². The van der Waals surface area contributed by atoms with Crippen molar-refractivity contribution in [3.8, 4) is 0 Å². The first kappa shape index (κ1) is 10.8. The Balaban J connectivity index is 4.02. The van der Waals surface area contributed by atoms with Crippen LogP contribution in [0.5, 0.6) is 0 Å². The lowest BCUT2D eigenvalue weighted by Crippen LogP contribution is -2.33. The third-order valence-electron chi connectivity index (χ3n) is 1.78. The first-order valence-corrected chi connectivity index (χ1v) is 3.63. The zero-order chi connectivity index (χ0) is 9.02. The van der Waals surface area contributed by atoms with Crippen LogP contribution in [-0.2, 0) is 0 Å². The number of hydrogen-bond donors (Lipinski definition) is 1. The maximum Gasteiger partial charge on any atom is 0.269 e. The lowest BCUT2D eigenvalue weighted by atomic mass is 9.91. The van der Waals surface area contributed by atoms with Crippen LogP contribution >= 0.6 is 0 Å². The van der Waals surface area contributed by atoms with Crippen LogP contribution in [0.15, 0.2) is 0 Å². The van der Waals surface area contributed by atoms with E-state index in [1.54, 1.807) is 13.8 Å². The van der Waals surface area contributed by atoms with E-state index in [4.69, 9.17) is 5.73 Å². The Morgan fingerprint density at radius 2 is 1.64 bits per heavy atom. The second-order valence-electron chi connectivity index (χ2n) is 2.92. The van der Waals surface area contributed by atoms with Gasteiger partial charge in [0.1, 0.15) is 0 Å². The summed E-state index contributed by atoms with van der Waals surface area (Å²) in [6.45, 7) is 3.35. The Morgan fingerprint density at radius 3 is 1.73 bits per heavy atom. The summed E-state index contributed by atoms with van der Waals surface area (Å²) in [5.41, 5.74) is 5.14. The van der Waals surface area contributed by atoms with Gasteiger partial charge in [-0.3, -0.25) is 0 Å². The second-order valence-corrected chi connectivity index (χ2v) is 2.92. The van der Waals surface area contributed by atoms with Crippen molar-refractivity contribution >= 4 is 0 Å². The summed E-state index contributed by atoms with van der Waals surface area (Å²) in [7, 11) is 0. The predicted molar refractivity (Wildman–Crippen MR) is 38.3 cm³/mol. The van der Waals surface area contributed by atoms with E-state index in [0.29, 0.717) is 0 Å². The molecule has 4 heteroatoms. The summed E-state index contributed by atoms with van der Waals surface area (Å²) in [6, 6.07) is 0. The average molecular weight is 169 g/mol. The van der Waals surface area contributed by atoms with Gasteiger partial charge in [0.25, 0.3) is 6.43 Å². The molecule has 0 aromatic heterocycles. The summed E-state index contributed by atoms with van der Waals surface area (Å²) < 4.78 is 36.2. The molecule has 0 fully saturated rings. The molecular formula is C7H14F3N. The molecule has 68 valence electrons. The summed E-state index contributed by atoms with van der Waals surface area (Å²) >= 11 is 0. The minimum atomic E-state index is -2.91. The van der Waals surface area contributed by atoms with E-state index in [1.165, 1.54) is 0 Å². The lowest BCUT2D eigenvalue weighted by Gasteiger charge is -2.21. The maximum absolute atomic E-state index is 12.6. The smallest absolute Gasteiger partial charge is 0.269 e. The van der Waals surface area contributed by atoms with Gasteiger partial charge in [0.2, 0.25) is 0 Å². The predicted octanol–water partition coefficient (Wildman–Crippen LogP) is 1.82. The monoisotopic (exact) mass is 169 g/mol. The van der Waals surface area contributed by atoms with Gasteiger partial charge in [0.05, 0.1) is 0 Å². The van der Waals surface area contributed by atoms with Gasteiger partial charge in [-0.25, -0.2) is 13.2 Å². The van der Waals surface area contributed by atoms with Crippen LogP contribution in [0.3, 0.4) is 0 Å². The Bertz CT molecular complexity index is 106. The molecule has 0 aliphatic carbocycles. The van der Waals surface area contributed by atoms with Crippen molar-refractivity contribution in [2.24, 2.45) is 17.6 Å². The van der Waals surface area contributed by atoms with Crippen LogP contribution in [0, 0.1) is 11.8 Å². The zero-order valence-corrected chi connectivity index (χ0v) is 6.73. The van der Waals surface area contributed by atoms with Gasteiger partial charge in [0.15, 0.2) is 6.17 Å². The van der Waals surface area contributed by atoms with Gasteiger partial charge < -0.3 is 5.73 Å². The standard InChI is InChI=1S/C7H14F3N/c1-4(2)5(3-11)6(8)7(9)10/h4-7H,3,11H2,1-2H3. The van der Waals surface area contributed by atoms with Crippen LogP contribution in [0.2, 0.25) is 0 Å². The normalized spacial score (nSPS) is 17.5. The molecule has 0 saturated carbocycles. The summed E-state index contributed by atoms with van der Waals surface area (Å²) in [4.78, 5) is 0. The van der Waals surface area contributed by atoms with Gasteiger partial charge >= 0.3 is 0 Å². The van der Waals surface area contributed by atoms with Crippen LogP contribution in [-0.4, -0.2) is 19.1 Å². The van der Waals surface area contributed by atoms with Crippen LogP contribution in [0.1, 0.15) is 13.8 Å². The van der Waals surface area contributed by atoms with Crippen molar-refractivity contribution in [1.29, 1.82) is 0 Å². The summed E-state index contributed by atoms with van der Waals surface area (Å²) in [5, 5.41) is 0. The number of rotatable bonds is 4. The van der Waals surface area contributed by atoms with Gasteiger partial charge in [0, 0.05) is 5.92 Å². The van der Waals surface area contributed by atoms with Gasteiger partial charge in [-0.2, -0.15) is 0 Å². The molecule has 2 unspecified atom stereocenters. The van der Waals surface area contributed by atoms with Crippen molar-refractivity contribution in [2.45, 2.75) is 26.4 Å². The molecule has 0 aromatic carbocycles. The van der Waals surface area contributed by atoms with E-state index in [2.05, 4.69) is 0 Å². The minimum absolute atomic E-state index is 0.0246. The van der Waals surface area contributed by atoms with Crippen LogP contribution in [0.25, 0.3) is 0 Å². The third-order valence-corrected chi connectivity index (χ3v) is 1.78. The first-order valence-electron chi connectivity index (χ1n) is 3.63. The Labute approximate surface area is 64.8 Å². The Morgan fingerprint density at radius 1 is 1.18 bits per heavy atom. The minimum Gasteiger partial charge on any atom is -0.330 e. The molecule has 0 spiro atoms. The van der Waals surface area contributed by atoms with Crippen LogP contribution in [0.4, 0.5) is 13.2 Å². The van der Waals surface area contributed by atoms with E-state index in [1.807, 2.05) is 0 Å². The van der Waals surface area contributed by atoms with Crippen LogP contribution < -0.4 is 5.73 Å². The number of alkyl halides is 3. The highest BCUT2D eigenvalue weighted by molar-refractivity contribution is 4.74. The fourth-order valence-corrected chi connectivity index (χ4v) is 0.957. The molecule has 2 atom stereocenters.